The van der Waals surface area contributed by atoms with Crippen LogP contribution in [-0.2, 0) is 6.54 Å². The summed E-state index contributed by atoms with van der Waals surface area (Å²) in [5.74, 6) is 0. The predicted molar refractivity (Wildman–Crippen MR) is 75.3 cm³/mol. The summed E-state index contributed by atoms with van der Waals surface area (Å²) in [6.07, 6.45) is 3.05. The van der Waals surface area contributed by atoms with Crippen LogP contribution in [0.3, 0.4) is 0 Å². The average molecular weight is 243 g/mol. The summed E-state index contributed by atoms with van der Waals surface area (Å²) in [4.78, 5) is 0. The zero-order valence-electron chi connectivity index (χ0n) is 11.4. The summed E-state index contributed by atoms with van der Waals surface area (Å²) < 4.78 is 2.06. The van der Waals surface area contributed by atoms with Gasteiger partial charge in [0.1, 0.15) is 0 Å². The van der Waals surface area contributed by atoms with E-state index in [1.165, 1.54) is 16.8 Å². The molecule has 96 valence electrons. The number of nitrogens with zero attached hydrogens (tertiary/aromatic N) is 2. The SMILES string of the molecule is CCCn1ncc(-c2ccc(C(C)N)cc2)c1C. The molecule has 0 saturated carbocycles. The van der Waals surface area contributed by atoms with Crippen LogP contribution in [0.1, 0.15) is 37.6 Å². The Morgan fingerprint density at radius 1 is 1.28 bits per heavy atom. The number of nitrogens with two attached hydrogens (primary N) is 1. The Hall–Kier alpha value is -1.61. The van der Waals surface area contributed by atoms with Crippen molar-refractivity contribution in [1.82, 2.24) is 9.78 Å². The van der Waals surface area contributed by atoms with E-state index in [0.717, 1.165) is 18.5 Å². The zero-order valence-corrected chi connectivity index (χ0v) is 11.4. The molecule has 0 saturated heterocycles. The molecule has 0 aliphatic carbocycles. The Bertz CT molecular complexity index is 509. The maximum absolute atomic E-state index is 5.86. The minimum atomic E-state index is 0.0861. The van der Waals surface area contributed by atoms with Gasteiger partial charge in [0.15, 0.2) is 0 Å². The molecule has 2 N–H and O–H groups in total. The molecule has 0 aliphatic heterocycles. The van der Waals surface area contributed by atoms with Crippen LogP contribution in [-0.4, -0.2) is 9.78 Å². The fourth-order valence-corrected chi connectivity index (χ4v) is 2.13. The molecule has 0 spiro atoms. The van der Waals surface area contributed by atoms with Gasteiger partial charge in [0, 0.05) is 23.8 Å². The first-order chi connectivity index (χ1) is 8.63. The molecule has 3 nitrogen and oxygen atoms in total. The molecule has 1 aromatic carbocycles. The van der Waals surface area contributed by atoms with E-state index in [-0.39, 0.29) is 6.04 Å². The van der Waals surface area contributed by atoms with Gasteiger partial charge in [-0.3, -0.25) is 4.68 Å². The standard InChI is InChI=1S/C15H21N3/c1-4-9-18-12(3)15(10-17-18)14-7-5-13(6-8-14)11(2)16/h5-8,10-11H,4,9,16H2,1-3H3. The highest BCUT2D eigenvalue weighted by atomic mass is 15.3. The van der Waals surface area contributed by atoms with Crippen molar-refractivity contribution in [1.29, 1.82) is 0 Å². The topological polar surface area (TPSA) is 43.8 Å². The molecule has 2 rings (SSSR count). The molecule has 2 aromatic rings. The van der Waals surface area contributed by atoms with Gasteiger partial charge in [-0.1, -0.05) is 31.2 Å². The van der Waals surface area contributed by atoms with Gasteiger partial charge in [-0.25, -0.2) is 0 Å². The smallest absolute Gasteiger partial charge is 0.0571 e. The maximum Gasteiger partial charge on any atom is 0.0571 e. The molecule has 1 atom stereocenters. The number of hydrogen-bond acceptors (Lipinski definition) is 2. The van der Waals surface area contributed by atoms with Crippen LogP contribution in [0.5, 0.6) is 0 Å². The van der Waals surface area contributed by atoms with E-state index in [9.17, 15) is 0 Å². The van der Waals surface area contributed by atoms with Crippen LogP contribution < -0.4 is 5.73 Å². The quantitative estimate of drug-likeness (QED) is 0.895. The van der Waals surface area contributed by atoms with Gasteiger partial charge in [0.05, 0.1) is 6.20 Å². The normalized spacial score (nSPS) is 12.7. The van der Waals surface area contributed by atoms with Gasteiger partial charge in [-0.05, 0) is 31.4 Å². The molecule has 1 heterocycles. The predicted octanol–water partition coefficient (Wildman–Crippen LogP) is 3.29. The van der Waals surface area contributed by atoms with Crippen LogP contribution in [0.2, 0.25) is 0 Å². The Morgan fingerprint density at radius 2 is 1.94 bits per heavy atom. The summed E-state index contributed by atoms with van der Waals surface area (Å²) in [7, 11) is 0. The third-order valence-electron chi connectivity index (χ3n) is 3.29. The first-order valence-corrected chi connectivity index (χ1v) is 6.51. The zero-order chi connectivity index (χ0) is 13.1. The van der Waals surface area contributed by atoms with Crippen molar-refractivity contribution >= 4 is 0 Å². The van der Waals surface area contributed by atoms with Crippen LogP contribution in [0.15, 0.2) is 30.5 Å². The highest BCUT2D eigenvalue weighted by Gasteiger charge is 2.08. The monoisotopic (exact) mass is 243 g/mol. The first-order valence-electron chi connectivity index (χ1n) is 6.51. The Kier molecular flexibility index (Phi) is 3.82. The van der Waals surface area contributed by atoms with Gasteiger partial charge >= 0.3 is 0 Å². The van der Waals surface area contributed by atoms with Gasteiger partial charge < -0.3 is 5.73 Å². The molecular weight excluding hydrogens is 222 g/mol. The van der Waals surface area contributed by atoms with Crippen molar-refractivity contribution in [3.8, 4) is 11.1 Å². The summed E-state index contributed by atoms with van der Waals surface area (Å²) >= 11 is 0. The lowest BCUT2D eigenvalue weighted by molar-refractivity contribution is 0.587. The molecular formula is C15H21N3. The van der Waals surface area contributed by atoms with Crippen molar-refractivity contribution in [2.45, 2.75) is 39.8 Å². The molecule has 1 unspecified atom stereocenters. The molecule has 0 bridgehead atoms. The van der Waals surface area contributed by atoms with Crippen LogP contribution in [0.4, 0.5) is 0 Å². The van der Waals surface area contributed by atoms with Crippen LogP contribution >= 0.6 is 0 Å². The Labute approximate surface area is 109 Å². The lowest BCUT2D eigenvalue weighted by Crippen LogP contribution is -2.04. The lowest BCUT2D eigenvalue weighted by atomic mass is 10.0. The largest absolute Gasteiger partial charge is 0.324 e. The van der Waals surface area contributed by atoms with Crippen molar-refractivity contribution in [3.63, 3.8) is 0 Å². The minimum absolute atomic E-state index is 0.0861. The first kappa shape index (κ1) is 12.8. The third kappa shape index (κ3) is 2.46. The van der Waals surface area contributed by atoms with E-state index < -0.39 is 0 Å². The van der Waals surface area contributed by atoms with Crippen molar-refractivity contribution in [3.05, 3.63) is 41.7 Å². The van der Waals surface area contributed by atoms with Gasteiger partial charge in [-0.15, -0.1) is 0 Å². The maximum atomic E-state index is 5.86. The lowest BCUT2D eigenvalue weighted by Gasteiger charge is -2.07. The molecule has 0 fully saturated rings. The average Bonchev–Trinajstić information content (AvgIpc) is 2.72. The van der Waals surface area contributed by atoms with E-state index in [1.807, 2.05) is 13.1 Å². The summed E-state index contributed by atoms with van der Waals surface area (Å²) in [6, 6.07) is 8.52. The van der Waals surface area contributed by atoms with Crippen molar-refractivity contribution < 1.29 is 0 Å². The highest BCUT2D eigenvalue weighted by molar-refractivity contribution is 5.65. The number of benzene rings is 1. The van der Waals surface area contributed by atoms with Gasteiger partial charge in [0.25, 0.3) is 0 Å². The van der Waals surface area contributed by atoms with Gasteiger partial charge in [0.2, 0.25) is 0 Å². The molecule has 0 aliphatic rings. The Morgan fingerprint density at radius 3 is 2.50 bits per heavy atom. The van der Waals surface area contributed by atoms with E-state index in [2.05, 4.69) is 47.9 Å². The number of aromatic nitrogens is 2. The van der Waals surface area contributed by atoms with Crippen LogP contribution in [0, 0.1) is 6.92 Å². The van der Waals surface area contributed by atoms with E-state index in [4.69, 9.17) is 5.73 Å². The second-order valence-corrected chi connectivity index (χ2v) is 4.78. The van der Waals surface area contributed by atoms with Gasteiger partial charge in [-0.2, -0.15) is 5.10 Å². The van der Waals surface area contributed by atoms with Crippen molar-refractivity contribution in [2.24, 2.45) is 5.73 Å². The second-order valence-electron chi connectivity index (χ2n) is 4.78. The number of rotatable bonds is 4. The summed E-state index contributed by atoms with van der Waals surface area (Å²) in [5.41, 5.74) is 10.7. The molecule has 0 amide bonds. The van der Waals surface area contributed by atoms with Crippen LogP contribution in [0.25, 0.3) is 11.1 Å². The minimum Gasteiger partial charge on any atom is -0.324 e. The molecule has 3 heteroatoms. The summed E-state index contributed by atoms with van der Waals surface area (Å²) in [5, 5.41) is 4.43. The molecule has 0 radical (unpaired) electrons. The van der Waals surface area contributed by atoms with E-state index in [1.54, 1.807) is 0 Å². The van der Waals surface area contributed by atoms with E-state index in [0.29, 0.717) is 0 Å². The number of aryl methyl sites for hydroxylation is 1. The summed E-state index contributed by atoms with van der Waals surface area (Å²) in [6.45, 7) is 7.26. The highest BCUT2D eigenvalue weighted by Crippen LogP contribution is 2.24. The molecule has 1 aromatic heterocycles. The second kappa shape index (κ2) is 5.36. The van der Waals surface area contributed by atoms with Crippen molar-refractivity contribution in [2.75, 3.05) is 0 Å². The molecule has 18 heavy (non-hydrogen) atoms. The fourth-order valence-electron chi connectivity index (χ4n) is 2.13. The number of hydrogen-bond donors (Lipinski definition) is 1. The Balaban J connectivity index is 2.31. The fraction of sp³-hybridized carbons (Fsp3) is 0.400. The third-order valence-corrected chi connectivity index (χ3v) is 3.29. The van der Waals surface area contributed by atoms with E-state index >= 15 is 0 Å².